The average Bonchev–Trinajstić information content (AvgIpc) is 3.03. The smallest absolute Gasteiger partial charge is 0.313 e. The Kier molecular flexibility index (Phi) is 4.43. The van der Waals surface area contributed by atoms with Crippen LogP contribution in [0.2, 0.25) is 0 Å². The van der Waals surface area contributed by atoms with Crippen molar-refractivity contribution < 1.29 is 31.5 Å². The molecule has 0 atom stereocenters. The van der Waals surface area contributed by atoms with Crippen molar-refractivity contribution >= 4 is 16.9 Å². The third kappa shape index (κ3) is 3.07. The predicted octanol–water partition coefficient (Wildman–Crippen LogP) is 4.33. The van der Waals surface area contributed by atoms with Crippen molar-refractivity contribution in [2.24, 2.45) is 0 Å². The average molecular weight is 355 g/mol. The number of aromatic nitrogens is 1. The van der Waals surface area contributed by atoms with E-state index in [2.05, 4.69) is 4.74 Å². The van der Waals surface area contributed by atoms with Gasteiger partial charge in [0.25, 0.3) is 0 Å². The Bertz CT molecular complexity index is 938. The molecule has 0 fully saturated rings. The minimum atomic E-state index is -2.31. The number of aryl methyl sites for hydroxylation is 1. The van der Waals surface area contributed by atoms with Gasteiger partial charge in [-0.3, -0.25) is 4.79 Å². The minimum Gasteiger partial charge on any atom is -0.420 e. The van der Waals surface area contributed by atoms with Crippen LogP contribution in [0.1, 0.15) is 6.42 Å². The lowest BCUT2D eigenvalue weighted by atomic mass is 10.2. The van der Waals surface area contributed by atoms with Crippen LogP contribution in [-0.4, -0.2) is 10.5 Å². The number of carbonyl (C=O) groups excluding carboxylic acids is 1. The van der Waals surface area contributed by atoms with E-state index in [9.17, 15) is 26.7 Å². The number of fused-ring (bicyclic) bond motifs is 1. The van der Waals surface area contributed by atoms with Crippen molar-refractivity contribution in [3.63, 3.8) is 0 Å². The predicted molar refractivity (Wildman–Crippen MR) is 78.4 cm³/mol. The van der Waals surface area contributed by atoms with Crippen molar-refractivity contribution in [2.75, 3.05) is 0 Å². The number of para-hydroxylation sites is 1. The maximum atomic E-state index is 13.5. The van der Waals surface area contributed by atoms with Crippen LogP contribution >= 0.6 is 0 Å². The Balaban J connectivity index is 1.75. The van der Waals surface area contributed by atoms with Crippen LogP contribution in [0, 0.1) is 29.1 Å². The molecule has 0 aliphatic rings. The molecule has 0 radical (unpaired) electrons. The summed E-state index contributed by atoms with van der Waals surface area (Å²) < 4.78 is 72.1. The first kappa shape index (κ1) is 16.9. The van der Waals surface area contributed by atoms with Gasteiger partial charge in [0.2, 0.25) is 34.8 Å². The maximum absolute atomic E-state index is 13.5. The summed E-state index contributed by atoms with van der Waals surface area (Å²) in [5.41, 5.74) is 0.825. The van der Waals surface area contributed by atoms with Crippen molar-refractivity contribution in [1.82, 2.24) is 4.57 Å². The Labute approximate surface area is 138 Å². The summed E-state index contributed by atoms with van der Waals surface area (Å²) in [6.07, 6.45) is 1.38. The van der Waals surface area contributed by atoms with Crippen molar-refractivity contribution in [2.45, 2.75) is 13.0 Å². The molecule has 0 spiro atoms. The lowest BCUT2D eigenvalue weighted by Crippen LogP contribution is -2.15. The Hall–Kier alpha value is -2.90. The molecule has 130 valence electrons. The second-order valence-corrected chi connectivity index (χ2v) is 5.19. The third-order valence-corrected chi connectivity index (χ3v) is 3.62. The molecule has 0 bridgehead atoms. The van der Waals surface area contributed by atoms with Crippen LogP contribution in [0.25, 0.3) is 10.9 Å². The monoisotopic (exact) mass is 355 g/mol. The molecule has 3 nitrogen and oxygen atoms in total. The quantitative estimate of drug-likeness (QED) is 0.229. The number of hydrogen-bond donors (Lipinski definition) is 0. The number of nitrogens with zero attached hydrogens (tertiary/aromatic N) is 1. The number of halogens is 5. The molecule has 0 saturated heterocycles. The number of rotatable bonds is 4. The Morgan fingerprint density at radius 3 is 2.16 bits per heavy atom. The van der Waals surface area contributed by atoms with Gasteiger partial charge in [-0.15, -0.1) is 0 Å². The summed E-state index contributed by atoms with van der Waals surface area (Å²) in [5, 5.41) is 0.927. The van der Waals surface area contributed by atoms with E-state index in [0.29, 0.717) is 0 Å². The Morgan fingerprint density at radius 1 is 0.880 bits per heavy atom. The molecule has 0 aliphatic heterocycles. The summed E-state index contributed by atoms with van der Waals surface area (Å²) in [6.45, 7) is 0.113. The number of benzene rings is 2. The minimum absolute atomic E-state index is 0.113. The zero-order valence-electron chi connectivity index (χ0n) is 12.5. The van der Waals surface area contributed by atoms with Gasteiger partial charge in [-0.1, -0.05) is 18.2 Å². The van der Waals surface area contributed by atoms with E-state index in [1.54, 1.807) is 16.8 Å². The fraction of sp³-hybridized carbons (Fsp3) is 0.118. The highest BCUT2D eigenvalue weighted by Gasteiger charge is 2.28. The third-order valence-electron chi connectivity index (χ3n) is 3.62. The van der Waals surface area contributed by atoms with Gasteiger partial charge in [0.1, 0.15) is 0 Å². The van der Waals surface area contributed by atoms with Gasteiger partial charge < -0.3 is 9.30 Å². The lowest BCUT2D eigenvalue weighted by Gasteiger charge is -2.09. The standard InChI is InChI=1S/C17H10F5NO2/c18-12-13(19)15(21)17(16(22)14(12)20)25-11(24)6-8-23-7-5-9-3-1-2-4-10(9)23/h1-5,7H,6,8H2. The summed E-state index contributed by atoms with van der Waals surface area (Å²) in [7, 11) is 0. The molecule has 1 aromatic heterocycles. The molecular weight excluding hydrogens is 345 g/mol. The van der Waals surface area contributed by atoms with Gasteiger partial charge >= 0.3 is 5.97 Å². The number of carbonyl (C=O) groups is 1. The molecule has 1 heterocycles. The first-order chi connectivity index (χ1) is 11.9. The first-order valence-corrected chi connectivity index (χ1v) is 7.16. The van der Waals surface area contributed by atoms with Crippen LogP contribution in [0.3, 0.4) is 0 Å². The second-order valence-electron chi connectivity index (χ2n) is 5.19. The highest BCUT2D eigenvalue weighted by atomic mass is 19.2. The van der Waals surface area contributed by atoms with Crippen molar-refractivity contribution in [1.29, 1.82) is 0 Å². The molecule has 0 N–H and O–H groups in total. The van der Waals surface area contributed by atoms with E-state index in [1.807, 2.05) is 24.3 Å². The molecule has 0 amide bonds. The zero-order chi connectivity index (χ0) is 18.1. The summed E-state index contributed by atoms with van der Waals surface area (Å²) in [4.78, 5) is 11.7. The molecule has 25 heavy (non-hydrogen) atoms. The van der Waals surface area contributed by atoms with Crippen molar-refractivity contribution in [3.8, 4) is 5.75 Å². The van der Waals surface area contributed by atoms with E-state index >= 15 is 0 Å². The maximum Gasteiger partial charge on any atom is 0.313 e. The van der Waals surface area contributed by atoms with Crippen molar-refractivity contribution in [3.05, 3.63) is 65.6 Å². The molecule has 2 aromatic carbocycles. The summed E-state index contributed by atoms with van der Waals surface area (Å²) in [6, 6.07) is 9.12. The molecule has 0 unspecified atom stereocenters. The van der Waals surface area contributed by atoms with E-state index in [-0.39, 0.29) is 13.0 Å². The van der Waals surface area contributed by atoms with Crippen LogP contribution in [0.15, 0.2) is 36.5 Å². The van der Waals surface area contributed by atoms with Gasteiger partial charge in [0.15, 0.2) is 0 Å². The van der Waals surface area contributed by atoms with Crippen LogP contribution in [0.4, 0.5) is 22.0 Å². The molecule has 3 aromatic rings. The highest BCUT2D eigenvalue weighted by molar-refractivity contribution is 5.80. The molecule has 8 heteroatoms. The summed E-state index contributed by atoms with van der Waals surface area (Å²) >= 11 is 0. The molecule has 3 rings (SSSR count). The van der Waals surface area contributed by atoms with Gasteiger partial charge in [-0.25, -0.2) is 13.2 Å². The summed E-state index contributed by atoms with van der Waals surface area (Å²) in [5.74, 6) is -13.7. The zero-order valence-corrected chi connectivity index (χ0v) is 12.5. The number of ether oxygens (including phenoxy) is 1. The fourth-order valence-corrected chi connectivity index (χ4v) is 2.39. The van der Waals surface area contributed by atoms with Crippen LogP contribution in [0.5, 0.6) is 5.75 Å². The van der Waals surface area contributed by atoms with Gasteiger partial charge in [-0.05, 0) is 17.5 Å². The lowest BCUT2D eigenvalue weighted by molar-refractivity contribution is -0.135. The van der Waals surface area contributed by atoms with Crippen LogP contribution < -0.4 is 4.74 Å². The van der Waals surface area contributed by atoms with Crippen LogP contribution in [-0.2, 0) is 11.3 Å². The van der Waals surface area contributed by atoms with E-state index in [1.165, 1.54) is 0 Å². The van der Waals surface area contributed by atoms with Gasteiger partial charge in [0, 0.05) is 18.3 Å². The molecule has 0 aliphatic carbocycles. The van der Waals surface area contributed by atoms with E-state index in [4.69, 9.17) is 0 Å². The van der Waals surface area contributed by atoms with Gasteiger partial charge in [0.05, 0.1) is 6.42 Å². The Morgan fingerprint density at radius 2 is 1.48 bits per heavy atom. The second kappa shape index (κ2) is 6.54. The van der Waals surface area contributed by atoms with E-state index < -0.39 is 40.8 Å². The first-order valence-electron chi connectivity index (χ1n) is 7.16. The number of esters is 1. The SMILES string of the molecule is O=C(CCn1ccc2ccccc21)Oc1c(F)c(F)c(F)c(F)c1F. The molecular formula is C17H10F5NO2. The topological polar surface area (TPSA) is 31.2 Å². The number of hydrogen-bond acceptors (Lipinski definition) is 2. The highest BCUT2D eigenvalue weighted by Crippen LogP contribution is 2.29. The van der Waals surface area contributed by atoms with Gasteiger partial charge in [-0.2, -0.15) is 8.78 Å². The largest absolute Gasteiger partial charge is 0.420 e. The fourth-order valence-electron chi connectivity index (χ4n) is 2.39. The van der Waals surface area contributed by atoms with E-state index in [0.717, 1.165) is 10.9 Å². The normalized spacial score (nSPS) is 11.1. The molecule has 0 saturated carbocycles.